The van der Waals surface area contributed by atoms with Crippen LogP contribution in [-0.2, 0) is 16.6 Å². The average Bonchev–Trinajstić information content (AvgIpc) is 2.78. The Labute approximate surface area is 174 Å². The molecule has 1 heterocycles. The van der Waals surface area contributed by atoms with E-state index in [1.807, 2.05) is 30.3 Å². The highest BCUT2D eigenvalue weighted by Gasteiger charge is 2.40. The molecule has 1 aliphatic rings. The minimum atomic E-state index is -3.94. The first-order valence-electron chi connectivity index (χ1n) is 9.14. The largest absolute Gasteiger partial charge is 0.483 e. The maximum absolute atomic E-state index is 13.7. The fourth-order valence-corrected chi connectivity index (χ4v) is 5.55. The molecule has 0 bridgehead atoms. The summed E-state index contributed by atoms with van der Waals surface area (Å²) in [4.78, 5) is 0.00619. The second-order valence-corrected chi connectivity index (χ2v) is 9.26. The van der Waals surface area contributed by atoms with Crippen molar-refractivity contribution >= 4 is 21.6 Å². The van der Waals surface area contributed by atoms with E-state index in [9.17, 15) is 12.8 Å². The van der Waals surface area contributed by atoms with Crippen molar-refractivity contribution in [3.63, 3.8) is 0 Å². The lowest BCUT2D eigenvalue weighted by Crippen LogP contribution is -2.41. The lowest BCUT2D eigenvalue weighted by atomic mass is 10.0. The number of hydrogen-bond donors (Lipinski definition) is 0. The number of hydrogen-bond acceptors (Lipinski definition) is 3. The van der Waals surface area contributed by atoms with Crippen molar-refractivity contribution in [2.75, 3.05) is 0 Å². The molecular weight excluding hydrogens is 413 g/mol. The molecule has 0 aromatic heterocycles. The molecule has 4 rings (SSSR count). The van der Waals surface area contributed by atoms with Crippen LogP contribution in [0.4, 0.5) is 4.39 Å². The third-order valence-corrected chi connectivity index (χ3v) is 7.18. The van der Waals surface area contributed by atoms with Gasteiger partial charge in [0, 0.05) is 11.6 Å². The zero-order chi connectivity index (χ0) is 20.6. The summed E-state index contributed by atoms with van der Waals surface area (Å²) >= 11 is 6.09. The molecule has 0 N–H and O–H groups in total. The molecule has 0 amide bonds. The molecule has 0 aliphatic carbocycles. The SMILES string of the molecule is C[C@H]1[C@@H](c2ccccc2)Oc2ccc(Cl)cc2S(=O)(=O)N1Cc1cccc(F)c1. The van der Waals surface area contributed by atoms with E-state index in [-0.39, 0.29) is 17.2 Å². The highest BCUT2D eigenvalue weighted by atomic mass is 35.5. The zero-order valence-corrected chi connectivity index (χ0v) is 17.2. The number of halogens is 2. The highest BCUT2D eigenvalue weighted by Crippen LogP contribution is 2.40. The molecular formula is C22H19ClFNO3S. The zero-order valence-electron chi connectivity index (χ0n) is 15.6. The Morgan fingerprint density at radius 3 is 2.52 bits per heavy atom. The minimum Gasteiger partial charge on any atom is -0.483 e. The van der Waals surface area contributed by atoms with Crippen LogP contribution in [0.15, 0.2) is 77.7 Å². The van der Waals surface area contributed by atoms with E-state index in [0.717, 1.165) is 5.56 Å². The Morgan fingerprint density at radius 1 is 1.03 bits per heavy atom. The molecule has 7 heteroatoms. The fourth-order valence-electron chi connectivity index (χ4n) is 3.55. The third kappa shape index (κ3) is 3.88. The van der Waals surface area contributed by atoms with Crippen molar-refractivity contribution in [3.8, 4) is 5.75 Å². The van der Waals surface area contributed by atoms with Gasteiger partial charge < -0.3 is 4.74 Å². The van der Waals surface area contributed by atoms with Gasteiger partial charge in [-0.3, -0.25) is 0 Å². The summed E-state index contributed by atoms with van der Waals surface area (Å²) in [6.07, 6.45) is -0.540. The summed E-state index contributed by atoms with van der Waals surface area (Å²) in [6, 6.07) is 19.4. The number of sulfonamides is 1. The predicted octanol–water partition coefficient (Wildman–Crippen LogP) is 5.19. The van der Waals surface area contributed by atoms with E-state index >= 15 is 0 Å². The molecule has 0 fully saturated rings. The lowest BCUT2D eigenvalue weighted by molar-refractivity contribution is 0.124. The molecule has 1 aliphatic heterocycles. The number of rotatable bonds is 3. The van der Waals surface area contributed by atoms with Gasteiger partial charge in [-0.15, -0.1) is 0 Å². The summed E-state index contributed by atoms with van der Waals surface area (Å²) in [5.41, 5.74) is 1.40. The average molecular weight is 432 g/mol. The summed E-state index contributed by atoms with van der Waals surface area (Å²) in [5.74, 6) is -0.168. The van der Waals surface area contributed by atoms with Crippen molar-refractivity contribution in [1.82, 2.24) is 4.31 Å². The van der Waals surface area contributed by atoms with Crippen molar-refractivity contribution in [2.45, 2.75) is 30.5 Å². The van der Waals surface area contributed by atoms with Gasteiger partial charge in [-0.1, -0.05) is 54.1 Å². The van der Waals surface area contributed by atoms with Crippen LogP contribution in [0.1, 0.15) is 24.2 Å². The van der Waals surface area contributed by atoms with E-state index in [1.54, 1.807) is 31.2 Å². The molecule has 150 valence electrons. The maximum Gasteiger partial charge on any atom is 0.247 e. The molecule has 0 radical (unpaired) electrons. The van der Waals surface area contributed by atoms with Crippen LogP contribution in [0.5, 0.6) is 5.75 Å². The fraction of sp³-hybridized carbons (Fsp3) is 0.182. The van der Waals surface area contributed by atoms with Crippen LogP contribution in [-0.4, -0.2) is 18.8 Å². The van der Waals surface area contributed by atoms with Crippen LogP contribution < -0.4 is 4.74 Å². The van der Waals surface area contributed by atoms with Gasteiger partial charge in [0.15, 0.2) is 0 Å². The Hall–Kier alpha value is -2.41. The Bertz CT molecular complexity index is 1140. The van der Waals surface area contributed by atoms with Crippen molar-refractivity contribution < 1.29 is 17.5 Å². The molecule has 2 atom stereocenters. The normalized spacial score (nSPS) is 21.1. The van der Waals surface area contributed by atoms with Gasteiger partial charge in [-0.05, 0) is 48.4 Å². The molecule has 0 saturated carbocycles. The van der Waals surface area contributed by atoms with Crippen LogP contribution in [0.3, 0.4) is 0 Å². The van der Waals surface area contributed by atoms with Gasteiger partial charge in [0.2, 0.25) is 10.0 Å². The van der Waals surface area contributed by atoms with E-state index in [2.05, 4.69) is 0 Å². The van der Waals surface area contributed by atoms with Gasteiger partial charge in [0.25, 0.3) is 0 Å². The Kier molecular flexibility index (Phi) is 5.34. The summed E-state index contributed by atoms with van der Waals surface area (Å²) < 4.78 is 48.3. The second kappa shape index (κ2) is 7.78. The highest BCUT2D eigenvalue weighted by molar-refractivity contribution is 7.89. The van der Waals surface area contributed by atoms with Crippen LogP contribution in [0.25, 0.3) is 0 Å². The summed E-state index contributed by atoms with van der Waals surface area (Å²) in [7, 11) is -3.94. The monoisotopic (exact) mass is 431 g/mol. The standard InChI is InChI=1S/C22H19ClFNO3S/c1-15-22(17-7-3-2-4-8-17)28-20-11-10-18(23)13-21(20)29(26,27)25(15)14-16-6-5-9-19(24)12-16/h2-13,15,22H,14H2,1H3/t15-,22-/m0/s1. The lowest BCUT2D eigenvalue weighted by Gasteiger charge is -2.30. The molecule has 3 aromatic rings. The topological polar surface area (TPSA) is 46.6 Å². The van der Waals surface area contributed by atoms with E-state index in [4.69, 9.17) is 16.3 Å². The number of benzene rings is 3. The first-order valence-corrected chi connectivity index (χ1v) is 11.0. The summed E-state index contributed by atoms with van der Waals surface area (Å²) in [5, 5.41) is 0.299. The number of nitrogens with zero attached hydrogens (tertiary/aromatic N) is 1. The van der Waals surface area contributed by atoms with E-state index in [1.165, 1.54) is 22.5 Å². The predicted molar refractivity (Wildman–Crippen MR) is 110 cm³/mol. The molecule has 0 saturated heterocycles. The van der Waals surface area contributed by atoms with Crippen LogP contribution >= 0.6 is 11.6 Å². The smallest absolute Gasteiger partial charge is 0.247 e. The van der Waals surface area contributed by atoms with E-state index in [0.29, 0.717) is 10.6 Å². The molecule has 0 unspecified atom stereocenters. The quantitative estimate of drug-likeness (QED) is 0.573. The molecule has 0 spiro atoms. The number of fused-ring (bicyclic) bond motifs is 1. The van der Waals surface area contributed by atoms with Crippen molar-refractivity contribution in [2.24, 2.45) is 0 Å². The number of ether oxygens (including phenoxy) is 1. The minimum absolute atomic E-state index is 0.00619. The Balaban J connectivity index is 1.86. The van der Waals surface area contributed by atoms with Crippen LogP contribution in [0.2, 0.25) is 5.02 Å². The first kappa shape index (κ1) is 19.9. The molecule has 4 nitrogen and oxygen atoms in total. The third-order valence-electron chi connectivity index (χ3n) is 4.99. The van der Waals surface area contributed by atoms with Gasteiger partial charge in [0.05, 0.1) is 6.04 Å². The van der Waals surface area contributed by atoms with Crippen molar-refractivity contribution in [3.05, 3.63) is 94.8 Å². The maximum atomic E-state index is 13.7. The molecule has 3 aromatic carbocycles. The first-order chi connectivity index (χ1) is 13.9. The van der Waals surface area contributed by atoms with Gasteiger partial charge in [-0.25, -0.2) is 12.8 Å². The molecule has 29 heavy (non-hydrogen) atoms. The second-order valence-electron chi connectivity index (χ2n) is 6.96. The van der Waals surface area contributed by atoms with Crippen LogP contribution in [0, 0.1) is 5.82 Å². The van der Waals surface area contributed by atoms with Gasteiger partial charge in [-0.2, -0.15) is 4.31 Å². The van der Waals surface area contributed by atoms with Gasteiger partial charge >= 0.3 is 0 Å². The van der Waals surface area contributed by atoms with E-state index < -0.39 is 28.0 Å². The summed E-state index contributed by atoms with van der Waals surface area (Å²) in [6.45, 7) is 1.81. The van der Waals surface area contributed by atoms with Gasteiger partial charge in [0.1, 0.15) is 22.6 Å². The van der Waals surface area contributed by atoms with Crippen molar-refractivity contribution in [1.29, 1.82) is 0 Å². The Morgan fingerprint density at radius 2 is 1.79 bits per heavy atom.